The summed E-state index contributed by atoms with van der Waals surface area (Å²) in [4.78, 5) is 22.8. The molecule has 1 atom stereocenters. The molecule has 1 aliphatic rings. The van der Waals surface area contributed by atoms with Crippen molar-refractivity contribution in [2.45, 2.75) is 45.2 Å². The molecule has 0 radical (unpaired) electrons. The minimum atomic E-state index is -0.0619. The van der Waals surface area contributed by atoms with Crippen molar-refractivity contribution in [3.63, 3.8) is 0 Å². The van der Waals surface area contributed by atoms with E-state index < -0.39 is 0 Å². The van der Waals surface area contributed by atoms with Gasteiger partial charge in [0.1, 0.15) is 0 Å². The van der Waals surface area contributed by atoms with E-state index in [0.29, 0.717) is 13.0 Å². The lowest BCUT2D eigenvalue weighted by atomic mass is 10.2. The molecule has 100 valence electrons. The van der Waals surface area contributed by atoms with E-state index in [0.717, 1.165) is 19.4 Å². The van der Waals surface area contributed by atoms with Crippen molar-refractivity contribution in [3.8, 4) is 0 Å². The highest BCUT2D eigenvalue weighted by atomic mass is 35.5. The summed E-state index contributed by atoms with van der Waals surface area (Å²) in [6.07, 6.45) is 2.28. The van der Waals surface area contributed by atoms with E-state index in [1.165, 1.54) is 0 Å². The minimum Gasteiger partial charge on any atom is -0.354 e. The monoisotopic (exact) mass is 263 g/mol. The number of halogens is 1. The Kier molecular flexibility index (Phi) is 7.91. The summed E-state index contributed by atoms with van der Waals surface area (Å²) in [5.74, 6) is -0.00970. The Hall–Kier alpha value is -0.810. The van der Waals surface area contributed by atoms with Crippen LogP contribution in [0.3, 0.4) is 0 Å². The number of nitrogens with one attached hydrogen (secondary N) is 3. The Bertz CT molecular complexity index is 253. The molecule has 0 aromatic carbocycles. The van der Waals surface area contributed by atoms with Crippen LogP contribution in [-0.4, -0.2) is 37.0 Å². The zero-order valence-corrected chi connectivity index (χ0v) is 11.2. The molecule has 0 saturated carbocycles. The van der Waals surface area contributed by atoms with Gasteiger partial charge in [-0.15, -0.1) is 12.4 Å². The number of hydrogen-bond donors (Lipinski definition) is 3. The van der Waals surface area contributed by atoms with E-state index in [4.69, 9.17) is 0 Å². The third-order valence-electron chi connectivity index (χ3n) is 2.48. The minimum absolute atomic E-state index is 0. The molecule has 0 unspecified atom stereocenters. The van der Waals surface area contributed by atoms with Gasteiger partial charge in [0, 0.05) is 19.0 Å². The van der Waals surface area contributed by atoms with Gasteiger partial charge in [-0.1, -0.05) is 0 Å². The maximum absolute atomic E-state index is 11.5. The van der Waals surface area contributed by atoms with Crippen LogP contribution in [0, 0.1) is 0 Å². The Labute approximate surface area is 109 Å². The summed E-state index contributed by atoms with van der Waals surface area (Å²) in [5, 5.41) is 8.66. The van der Waals surface area contributed by atoms with Crippen molar-refractivity contribution in [1.29, 1.82) is 0 Å². The SMILES string of the molecule is CC(C)NC(=O)CCNC(=O)[C@@H]1CCCN1.Cl. The molecule has 0 spiro atoms. The Balaban J connectivity index is 0.00000256. The summed E-state index contributed by atoms with van der Waals surface area (Å²) in [5.41, 5.74) is 0. The van der Waals surface area contributed by atoms with E-state index in [2.05, 4.69) is 16.0 Å². The van der Waals surface area contributed by atoms with Crippen LogP contribution in [-0.2, 0) is 9.59 Å². The summed E-state index contributed by atoms with van der Waals surface area (Å²) in [7, 11) is 0. The summed E-state index contributed by atoms with van der Waals surface area (Å²) >= 11 is 0. The van der Waals surface area contributed by atoms with Gasteiger partial charge in [-0.25, -0.2) is 0 Å². The molecule has 0 bridgehead atoms. The van der Waals surface area contributed by atoms with Crippen LogP contribution in [0.1, 0.15) is 33.1 Å². The normalized spacial score (nSPS) is 18.6. The molecule has 0 aliphatic carbocycles. The van der Waals surface area contributed by atoms with E-state index in [1.54, 1.807) is 0 Å². The lowest BCUT2D eigenvalue weighted by molar-refractivity contribution is -0.123. The highest BCUT2D eigenvalue weighted by molar-refractivity contribution is 5.85. The molecule has 17 heavy (non-hydrogen) atoms. The molecule has 1 saturated heterocycles. The zero-order valence-electron chi connectivity index (χ0n) is 10.4. The average Bonchev–Trinajstić information content (AvgIpc) is 2.68. The molecule has 0 aromatic heterocycles. The predicted molar refractivity (Wildman–Crippen MR) is 69.2 cm³/mol. The number of rotatable bonds is 5. The van der Waals surface area contributed by atoms with Crippen LogP contribution >= 0.6 is 12.4 Å². The number of carbonyl (C=O) groups is 2. The molecule has 1 fully saturated rings. The van der Waals surface area contributed by atoms with Crippen LogP contribution in [0.4, 0.5) is 0 Å². The quantitative estimate of drug-likeness (QED) is 0.663. The van der Waals surface area contributed by atoms with E-state index >= 15 is 0 Å². The summed E-state index contributed by atoms with van der Waals surface area (Å²) < 4.78 is 0. The van der Waals surface area contributed by atoms with Crippen molar-refractivity contribution in [2.24, 2.45) is 0 Å². The maximum atomic E-state index is 11.5. The van der Waals surface area contributed by atoms with Crippen molar-refractivity contribution in [3.05, 3.63) is 0 Å². The first-order valence-corrected chi connectivity index (χ1v) is 5.90. The van der Waals surface area contributed by atoms with Gasteiger partial charge in [0.15, 0.2) is 0 Å². The molecule has 0 aromatic rings. The van der Waals surface area contributed by atoms with Gasteiger partial charge < -0.3 is 16.0 Å². The van der Waals surface area contributed by atoms with Gasteiger partial charge in [-0.05, 0) is 33.2 Å². The van der Waals surface area contributed by atoms with E-state index in [1.807, 2.05) is 13.8 Å². The molecule has 1 rings (SSSR count). The van der Waals surface area contributed by atoms with Crippen molar-refractivity contribution < 1.29 is 9.59 Å². The first-order valence-electron chi connectivity index (χ1n) is 5.90. The fourth-order valence-corrected chi connectivity index (χ4v) is 1.72. The van der Waals surface area contributed by atoms with Crippen molar-refractivity contribution >= 4 is 24.2 Å². The molecule has 6 heteroatoms. The molecular weight excluding hydrogens is 242 g/mol. The second-order valence-electron chi connectivity index (χ2n) is 4.41. The molecular formula is C11H22ClN3O2. The van der Waals surface area contributed by atoms with Crippen LogP contribution in [0.2, 0.25) is 0 Å². The molecule has 3 N–H and O–H groups in total. The predicted octanol–water partition coefficient (Wildman–Crippen LogP) is 0.191. The number of carbonyl (C=O) groups excluding carboxylic acids is 2. The van der Waals surface area contributed by atoms with Crippen LogP contribution < -0.4 is 16.0 Å². The molecule has 1 heterocycles. The fraction of sp³-hybridized carbons (Fsp3) is 0.818. The fourth-order valence-electron chi connectivity index (χ4n) is 1.72. The average molecular weight is 264 g/mol. The highest BCUT2D eigenvalue weighted by Gasteiger charge is 2.21. The smallest absolute Gasteiger partial charge is 0.237 e. The third kappa shape index (κ3) is 6.48. The van der Waals surface area contributed by atoms with Gasteiger partial charge in [0.25, 0.3) is 0 Å². The van der Waals surface area contributed by atoms with Gasteiger partial charge in [0.2, 0.25) is 11.8 Å². The first-order chi connectivity index (χ1) is 7.59. The standard InChI is InChI=1S/C11H21N3O2.ClH/c1-8(2)14-10(15)5-7-13-11(16)9-4-3-6-12-9;/h8-9,12H,3-7H2,1-2H3,(H,13,16)(H,14,15);1H/t9-;/m0./s1. The van der Waals surface area contributed by atoms with Crippen LogP contribution in [0.5, 0.6) is 0 Å². The maximum Gasteiger partial charge on any atom is 0.237 e. The van der Waals surface area contributed by atoms with Gasteiger partial charge >= 0.3 is 0 Å². The topological polar surface area (TPSA) is 70.2 Å². The van der Waals surface area contributed by atoms with Crippen molar-refractivity contribution in [2.75, 3.05) is 13.1 Å². The molecule has 1 aliphatic heterocycles. The Morgan fingerprint density at radius 1 is 1.41 bits per heavy atom. The summed E-state index contributed by atoms with van der Waals surface area (Å²) in [6, 6.07) is 0.0906. The molecule has 2 amide bonds. The second kappa shape index (κ2) is 8.31. The van der Waals surface area contributed by atoms with E-state index in [9.17, 15) is 9.59 Å². The first kappa shape index (κ1) is 16.2. The lowest BCUT2D eigenvalue weighted by Gasteiger charge is -2.11. The van der Waals surface area contributed by atoms with Crippen LogP contribution in [0.15, 0.2) is 0 Å². The van der Waals surface area contributed by atoms with Crippen LogP contribution in [0.25, 0.3) is 0 Å². The highest BCUT2D eigenvalue weighted by Crippen LogP contribution is 2.04. The summed E-state index contributed by atoms with van der Waals surface area (Å²) in [6.45, 7) is 5.15. The van der Waals surface area contributed by atoms with Gasteiger partial charge in [0.05, 0.1) is 6.04 Å². The number of amides is 2. The second-order valence-corrected chi connectivity index (χ2v) is 4.41. The van der Waals surface area contributed by atoms with E-state index in [-0.39, 0.29) is 36.3 Å². The van der Waals surface area contributed by atoms with Gasteiger partial charge in [-0.2, -0.15) is 0 Å². The Morgan fingerprint density at radius 3 is 2.65 bits per heavy atom. The van der Waals surface area contributed by atoms with Crippen molar-refractivity contribution in [1.82, 2.24) is 16.0 Å². The Morgan fingerprint density at radius 2 is 2.12 bits per heavy atom. The lowest BCUT2D eigenvalue weighted by Crippen LogP contribution is -2.42. The largest absolute Gasteiger partial charge is 0.354 e. The zero-order chi connectivity index (χ0) is 12.0. The molecule has 5 nitrogen and oxygen atoms in total. The van der Waals surface area contributed by atoms with Gasteiger partial charge in [-0.3, -0.25) is 9.59 Å². The third-order valence-corrected chi connectivity index (χ3v) is 2.48. The number of hydrogen-bond acceptors (Lipinski definition) is 3.